The molecule has 0 aliphatic heterocycles. The maximum Gasteiger partial charge on any atom is 0.430 e. The minimum Gasteiger partial charge on any atom is -0.542 e. The summed E-state index contributed by atoms with van der Waals surface area (Å²) in [7, 11) is 0. The number of carbonyl (C=O) groups excluding carboxylic acids is 4. The van der Waals surface area contributed by atoms with Gasteiger partial charge in [-0.3, -0.25) is 0 Å². The molecule has 0 heterocycles. The summed E-state index contributed by atoms with van der Waals surface area (Å²) in [5, 5.41) is 35.1. The van der Waals surface area contributed by atoms with E-state index in [1.807, 2.05) is 0 Å². The van der Waals surface area contributed by atoms with Crippen LogP contribution in [0.25, 0.3) is 0 Å². The van der Waals surface area contributed by atoms with Crippen molar-refractivity contribution < 1.29 is 113 Å². The molecular weight excluding hydrogens is 638 g/mol. The van der Waals surface area contributed by atoms with Crippen LogP contribution in [0.5, 0.6) is 0 Å². The molecule has 0 aliphatic rings. The van der Waals surface area contributed by atoms with Crippen molar-refractivity contribution in [2.45, 2.75) is 24.7 Å². The molecule has 0 unspecified atom stereocenters. The monoisotopic (exact) mass is 639 g/mol. The molecular formula is C8F12O8Re-4. The van der Waals surface area contributed by atoms with Crippen molar-refractivity contribution in [3.8, 4) is 0 Å². The SMILES string of the molecule is O=C([O-])C(F)(F)F.O=C([O-])C(F)(F)F.O=C([O-])C(F)(F)F.O=C([O-])C(F)(F)F.[Re]. The largest absolute Gasteiger partial charge is 0.542 e. The smallest absolute Gasteiger partial charge is 0.430 e. The second kappa shape index (κ2) is 13.8. The number of halogens is 12. The Labute approximate surface area is 162 Å². The van der Waals surface area contributed by atoms with Crippen LogP contribution in [0.3, 0.4) is 0 Å². The van der Waals surface area contributed by atoms with Crippen LogP contribution >= 0.6 is 0 Å². The summed E-state index contributed by atoms with van der Waals surface area (Å²) < 4.78 is 126. The van der Waals surface area contributed by atoms with E-state index < -0.39 is 48.6 Å². The molecule has 0 saturated heterocycles. The molecule has 29 heavy (non-hydrogen) atoms. The standard InChI is InChI=1S/4C2HF3O2.Re/c4*3-2(4,5)1(6)7;/h4*(H,6,7);/p-4. The van der Waals surface area contributed by atoms with Crippen LogP contribution in [-0.4, -0.2) is 48.6 Å². The molecule has 175 valence electrons. The molecule has 0 aromatic rings. The fourth-order valence-electron chi connectivity index (χ4n) is 0. The zero-order valence-electron chi connectivity index (χ0n) is 12.2. The van der Waals surface area contributed by atoms with E-state index in [2.05, 4.69) is 0 Å². The first kappa shape index (κ1) is 37.5. The maximum atomic E-state index is 10.5. The summed E-state index contributed by atoms with van der Waals surface area (Å²) in [6.45, 7) is 0. The van der Waals surface area contributed by atoms with Gasteiger partial charge in [-0.05, 0) is 0 Å². The molecule has 0 aromatic carbocycles. The first-order chi connectivity index (χ1) is 11.8. The summed E-state index contributed by atoms with van der Waals surface area (Å²) in [5.41, 5.74) is 0. The fourth-order valence-corrected chi connectivity index (χ4v) is 0. The van der Waals surface area contributed by atoms with E-state index in [9.17, 15) is 52.7 Å². The average Bonchev–Trinajstić information content (AvgIpc) is 2.35. The Morgan fingerprint density at radius 1 is 0.379 bits per heavy atom. The van der Waals surface area contributed by atoms with E-state index in [4.69, 9.17) is 39.6 Å². The first-order valence-electron chi connectivity index (χ1n) is 4.90. The third-order valence-electron chi connectivity index (χ3n) is 0.926. The first-order valence-corrected chi connectivity index (χ1v) is 4.90. The van der Waals surface area contributed by atoms with Gasteiger partial charge in [0, 0.05) is 20.4 Å². The van der Waals surface area contributed by atoms with Crippen LogP contribution in [0.15, 0.2) is 0 Å². The number of hydrogen-bond donors (Lipinski definition) is 0. The van der Waals surface area contributed by atoms with Crippen LogP contribution < -0.4 is 20.4 Å². The second-order valence-electron chi connectivity index (χ2n) is 3.14. The van der Waals surface area contributed by atoms with E-state index in [1.54, 1.807) is 0 Å². The van der Waals surface area contributed by atoms with Crippen molar-refractivity contribution >= 4 is 23.9 Å². The molecule has 0 amide bonds. The Kier molecular flexibility index (Phi) is 17.8. The number of alkyl halides is 12. The van der Waals surface area contributed by atoms with Crippen molar-refractivity contribution in [2.24, 2.45) is 0 Å². The van der Waals surface area contributed by atoms with Crippen molar-refractivity contribution in [3.63, 3.8) is 0 Å². The summed E-state index contributed by atoms with van der Waals surface area (Å²) in [6.07, 6.45) is -20.8. The van der Waals surface area contributed by atoms with E-state index >= 15 is 0 Å². The number of carboxylic acids is 4. The van der Waals surface area contributed by atoms with Gasteiger partial charge in [-0.25, -0.2) is 0 Å². The Morgan fingerprint density at radius 2 is 0.414 bits per heavy atom. The summed E-state index contributed by atoms with van der Waals surface area (Å²) >= 11 is 0. The number of carboxylic acid groups (broad SMARTS) is 4. The molecule has 0 N–H and O–H groups in total. The van der Waals surface area contributed by atoms with Gasteiger partial charge in [-0.2, -0.15) is 52.7 Å². The van der Waals surface area contributed by atoms with Gasteiger partial charge in [0.25, 0.3) is 0 Å². The summed E-state index contributed by atoms with van der Waals surface area (Å²) in [5.74, 6) is -12.0. The van der Waals surface area contributed by atoms with Crippen LogP contribution in [0.2, 0.25) is 0 Å². The molecule has 8 nitrogen and oxygen atoms in total. The predicted octanol–water partition coefficient (Wildman–Crippen LogP) is -2.81. The minimum atomic E-state index is -5.19. The molecule has 21 heteroatoms. The molecule has 0 rings (SSSR count). The zero-order valence-corrected chi connectivity index (χ0v) is 14.9. The third kappa shape index (κ3) is 30.7. The van der Waals surface area contributed by atoms with Crippen LogP contribution in [0.4, 0.5) is 52.7 Å². The van der Waals surface area contributed by atoms with Gasteiger partial charge in [-0.1, -0.05) is 0 Å². The third-order valence-corrected chi connectivity index (χ3v) is 0.926. The van der Waals surface area contributed by atoms with Crippen molar-refractivity contribution in [1.29, 1.82) is 0 Å². The Hall–Kier alpha value is -2.30. The predicted molar refractivity (Wildman–Crippen MR) is 44.2 cm³/mol. The van der Waals surface area contributed by atoms with E-state index in [1.165, 1.54) is 0 Å². The van der Waals surface area contributed by atoms with E-state index in [0.717, 1.165) is 0 Å². The van der Waals surface area contributed by atoms with Gasteiger partial charge in [0.1, 0.15) is 23.9 Å². The topological polar surface area (TPSA) is 161 Å². The average molecular weight is 638 g/mol. The van der Waals surface area contributed by atoms with Gasteiger partial charge in [-0.15, -0.1) is 0 Å². The Morgan fingerprint density at radius 3 is 0.414 bits per heavy atom. The maximum absolute atomic E-state index is 10.5. The Bertz CT molecular complexity index is 436. The van der Waals surface area contributed by atoms with Crippen LogP contribution in [-0.2, 0) is 39.6 Å². The molecule has 0 spiro atoms. The molecule has 0 fully saturated rings. The minimum absolute atomic E-state index is 0. The van der Waals surface area contributed by atoms with Gasteiger partial charge in [0.05, 0.1) is 0 Å². The quantitative estimate of drug-likeness (QED) is 0.257. The van der Waals surface area contributed by atoms with Crippen molar-refractivity contribution in [3.05, 3.63) is 0 Å². The molecule has 0 aliphatic carbocycles. The number of carbonyl (C=O) groups is 4. The zero-order chi connectivity index (χ0) is 24.3. The Balaban J connectivity index is -0.0000000873. The number of aliphatic carboxylic acids is 4. The van der Waals surface area contributed by atoms with Crippen molar-refractivity contribution in [2.75, 3.05) is 0 Å². The fraction of sp³-hybridized carbons (Fsp3) is 0.500. The molecule has 0 atom stereocenters. The second-order valence-corrected chi connectivity index (χ2v) is 3.14. The molecule has 0 aromatic heterocycles. The molecule has 1 radical (unpaired) electrons. The molecule has 0 bridgehead atoms. The van der Waals surface area contributed by atoms with Gasteiger partial charge < -0.3 is 39.6 Å². The van der Waals surface area contributed by atoms with Crippen molar-refractivity contribution in [1.82, 2.24) is 0 Å². The summed E-state index contributed by atoms with van der Waals surface area (Å²) in [4.78, 5) is 35.1. The van der Waals surface area contributed by atoms with Gasteiger partial charge in [0.15, 0.2) is 0 Å². The number of rotatable bonds is 0. The van der Waals surface area contributed by atoms with E-state index in [-0.39, 0.29) is 20.4 Å². The van der Waals surface area contributed by atoms with E-state index in [0.29, 0.717) is 0 Å². The summed E-state index contributed by atoms with van der Waals surface area (Å²) in [6, 6.07) is 0. The normalized spacial score (nSPS) is 10.9. The molecule has 0 saturated carbocycles. The number of hydrogen-bond acceptors (Lipinski definition) is 8. The van der Waals surface area contributed by atoms with Gasteiger partial charge in [0.2, 0.25) is 0 Å². The van der Waals surface area contributed by atoms with Crippen LogP contribution in [0, 0.1) is 0 Å². The van der Waals surface area contributed by atoms with Crippen LogP contribution in [0.1, 0.15) is 0 Å². The van der Waals surface area contributed by atoms with Gasteiger partial charge >= 0.3 is 24.7 Å².